The van der Waals surface area contributed by atoms with E-state index in [1.165, 1.54) is 10.7 Å². The van der Waals surface area contributed by atoms with Crippen LogP contribution in [0.15, 0.2) is 21.1 Å². The maximum absolute atomic E-state index is 11.9. The lowest BCUT2D eigenvalue weighted by Crippen LogP contribution is -2.29. The van der Waals surface area contributed by atoms with Crippen LogP contribution in [0.2, 0.25) is 0 Å². The van der Waals surface area contributed by atoms with Crippen LogP contribution in [0.5, 0.6) is 0 Å². The van der Waals surface area contributed by atoms with E-state index in [1.54, 1.807) is 0 Å². The molecule has 0 fully saturated rings. The second kappa shape index (κ2) is 7.27. The zero-order valence-corrected chi connectivity index (χ0v) is 13.6. The Kier molecular flexibility index (Phi) is 5.37. The zero-order chi connectivity index (χ0) is 16.9. The lowest BCUT2D eigenvalue weighted by molar-refractivity contribution is -0.120. The van der Waals surface area contributed by atoms with Gasteiger partial charge in [-0.25, -0.2) is 0 Å². The molecule has 1 aliphatic heterocycles. The molecule has 2 rings (SSSR count). The summed E-state index contributed by atoms with van der Waals surface area (Å²) in [4.78, 5) is 23.7. The van der Waals surface area contributed by atoms with Crippen LogP contribution in [0.4, 0.5) is 0 Å². The summed E-state index contributed by atoms with van der Waals surface area (Å²) in [6.45, 7) is 5.17. The quantitative estimate of drug-likeness (QED) is 0.675. The molecule has 0 aromatic carbocycles. The molecule has 0 radical (unpaired) electrons. The Balaban J connectivity index is 1.75. The average molecular weight is 317 g/mol. The summed E-state index contributed by atoms with van der Waals surface area (Å²) in [6, 6.07) is 1.47. The van der Waals surface area contributed by atoms with Gasteiger partial charge in [0.25, 0.3) is 5.56 Å². The normalized spacial score (nSPS) is 14.7. The van der Waals surface area contributed by atoms with Gasteiger partial charge in [0.05, 0.1) is 6.42 Å². The van der Waals surface area contributed by atoms with Gasteiger partial charge in [-0.2, -0.15) is 10.2 Å². The van der Waals surface area contributed by atoms with E-state index in [1.807, 2.05) is 13.8 Å². The van der Waals surface area contributed by atoms with E-state index in [9.17, 15) is 9.59 Å². The van der Waals surface area contributed by atoms with E-state index in [-0.39, 0.29) is 23.6 Å². The number of terminal acetylenes is 1. The van der Waals surface area contributed by atoms with Crippen molar-refractivity contribution >= 4 is 5.91 Å². The van der Waals surface area contributed by atoms with Gasteiger partial charge in [0.15, 0.2) is 5.66 Å². The van der Waals surface area contributed by atoms with Crippen molar-refractivity contribution in [1.29, 1.82) is 0 Å². The van der Waals surface area contributed by atoms with E-state index in [0.29, 0.717) is 37.5 Å². The number of nitrogens with one attached hydrogen (secondary N) is 2. The van der Waals surface area contributed by atoms with Gasteiger partial charge in [0.1, 0.15) is 0 Å². The van der Waals surface area contributed by atoms with Crippen molar-refractivity contribution in [2.24, 2.45) is 16.1 Å². The van der Waals surface area contributed by atoms with Crippen molar-refractivity contribution in [3.05, 3.63) is 22.1 Å². The van der Waals surface area contributed by atoms with Gasteiger partial charge in [0.2, 0.25) is 5.91 Å². The number of nitrogens with zero attached hydrogens (tertiary/aromatic N) is 3. The van der Waals surface area contributed by atoms with Crippen LogP contribution in [-0.2, 0) is 17.8 Å². The fourth-order valence-corrected chi connectivity index (χ4v) is 2.38. The summed E-state index contributed by atoms with van der Waals surface area (Å²) < 4.78 is 1.53. The molecule has 23 heavy (non-hydrogen) atoms. The maximum Gasteiger partial charge on any atom is 0.266 e. The second-order valence-electron chi connectivity index (χ2n) is 6.29. The minimum atomic E-state index is -0.380. The number of H-pyrrole nitrogens is 1. The van der Waals surface area contributed by atoms with Crippen molar-refractivity contribution in [2.75, 3.05) is 6.54 Å². The topological polar surface area (TPSA) is 91.6 Å². The van der Waals surface area contributed by atoms with E-state index in [2.05, 4.69) is 26.6 Å². The van der Waals surface area contributed by atoms with Crippen LogP contribution in [0.1, 0.15) is 38.8 Å². The summed E-state index contributed by atoms with van der Waals surface area (Å²) in [5.41, 5.74) is 0.135. The van der Waals surface area contributed by atoms with Gasteiger partial charge in [-0.1, -0.05) is 13.8 Å². The number of hydrogen-bond acceptors (Lipinski definition) is 4. The predicted octanol–water partition coefficient (Wildman–Crippen LogP) is 1.46. The Bertz CT molecular complexity index is 671. The van der Waals surface area contributed by atoms with Crippen LogP contribution in [0, 0.1) is 18.3 Å². The van der Waals surface area contributed by atoms with Gasteiger partial charge in [-0.05, 0) is 5.92 Å². The molecule has 2 heterocycles. The summed E-state index contributed by atoms with van der Waals surface area (Å²) in [7, 11) is 0. The maximum atomic E-state index is 11.9. The highest BCUT2D eigenvalue weighted by molar-refractivity contribution is 5.78. The molecular weight excluding hydrogens is 294 g/mol. The molecule has 1 aliphatic rings. The number of aromatic amines is 1. The van der Waals surface area contributed by atoms with Gasteiger partial charge in [-0.3, -0.25) is 19.4 Å². The van der Waals surface area contributed by atoms with Crippen LogP contribution < -0.4 is 10.9 Å². The predicted molar refractivity (Wildman–Crippen MR) is 86.9 cm³/mol. The third-order valence-electron chi connectivity index (χ3n) is 3.64. The zero-order valence-electron chi connectivity index (χ0n) is 13.6. The third-order valence-corrected chi connectivity index (χ3v) is 3.64. The Morgan fingerprint density at radius 1 is 1.48 bits per heavy atom. The Morgan fingerprint density at radius 3 is 2.83 bits per heavy atom. The monoisotopic (exact) mass is 317 g/mol. The molecule has 7 nitrogen and oxygen atoms in total. The molecule has 1 aromatic heterocycles. The van der Waals surface area contributed by atoms with Crippen molar-refractivity contribution < 1.29 is 4.79 Å². The molecule has 0 saturated carbocycles. The second-order valence-corrected chi connectivity index (χ2v) is 6.29. The molecule has 0 saturated heterocycles. The fourth-order valence-electron chi connectivity index (χ4n) is 2.38. The molecule has 2 N–H and O–H groups in total. The van der Waals surface area contributed by atoms with Crippen molar-refractivity contribution in [1.82, 2.24) is 15.1 Å². The van der Waals surface area contributed by atoms with Gasteiger partial charge >= 0.3 is 0 Å². The molecule has 0 bridgehead atoms. The summed E-state index contributed by atoms with van der Waals surface area (Å²) in [5, 5.41) is 13.9. The molecule has 7 heteroatoms. The summed E-state index contributed by atoms with van der Waals surface area (Å²) in [6.07, 6.45) is 7.41. The smallest absolute Gasteiger partial charge is 0.266 e. The Labute approximate surface area is 135 Å². The van der Waals surface area contributed by atoms with Gasteiger partial charge in [0, 0.05) is 44.1 Å². The molecule has 0 aliphatic carbocycles. The molecule has 0 unspecified atom stereocenters. The first-order valence-electron chi connectivity index (χ1n) is 7.87. The van der Waals surface area contributed by atoms with E-state index in [4.69, 9.17) is 6.42 Å². The van der Waals surface area contributed by atoms with Crippen LogP contribution in [-0.4, -0.2) is 27.9 Å². The van der Waals surface area contributed by atoms with Gasteiger partial charge in [-0.15, -0.1) is 12.3 Å². The largest absolute Gasteiger partial charge is 0.356 e. The lowest BCUT2D eigenvalue weighted by atomic mass is 10.0. The highest BCUT2D eigenvalue weighted by atomic mass is 16.2. The highest BCUT2D eigenvalue weighted by Gasteiger charge is 2.38. The number of hydrogen-bond donors (Lipinski definition) is 2. The first-order chi connectivity index (χ1) is 10.9. The Morgan fingerprint density at radius 2 is 2.22 bits per heavy atom. The third kappa shape index (κ3) is 5.09. The van der Waals surface area contributed by atoms with Crippen molar-refractivity contribution in [3.8, 4) is 12.3 Å². The van der Waals surface area contributed by atoms with E-state index < -0.39 is 0 Å². The first-order valence-corrected chi connectivity index (χ1v) is 7.87. The summed E-state index contributed by atoms with van der Waals surface area (Å²) in [5.74, 6) is 2.80. The summed E-state index contributed by atoms with van der Waals surface area (Å²) >= 11 is 0. The van der Waals surface area contributed by atoms with Crippen molar-refractivity contribution in [2.45, 2.75) is 51.7 Å². The lowest BCUT2D eigenvalue weighted by Gasteiger charge is -2.09. The standard InChI is InChI=1S/C16H23N5O2/c1-4-5-6-16(19-20-16)7-8-17-14(22)9-13-10-15(23)21(18-13)11-12(2)3/h1,10,12,18H,5-9,11H2,2-3H3,(H,17,22). The number of amides is 1. The van der Waals surface area contributed by atoms with Crippen molar-refractivity contribution in [3.63, 3.8) is 0 Å². The minimum Gasteiger partial charge on any atom is -0.356 e. The molecule has 1 amide bonds. The molecule has 1 aromatic rings. The number of carbonyl (C=O) groups excluding carboxylic acids is 1. The number of rotatable bonds is 9. The SMILES string of the molecule is C#CCCC1(CCNC(=O)Cc2cc(=O)n(CC(C)C)[nH]2)N=N1. The molecule has 0 spiro atoms. The molecule has 124 valence electrons. The fraction of sp³-hybridized carbons (Fsp3) is 0.625. The number of carbonyl (C=O) groups is 1. The van der Waals surface area contributed by atoms with Gasteiger partial charge < -0.3 is 5.32 Å². The van der Waals surface area contributed by atoms with Crippen LogP contribution in [0.3, 0.4) is 0 Å². The average Bonchev–Trinajstić information content (AvgIpc) is 3.16. The molecule has 0 atom stereocenters. The van der Waals surface area contributed by atoms with E-state index in [0.717, 1.165) is 6.42 Å². The minimum absolute atomic E-state index is 0.106. The number of aromatic nitrogens is 2. The first kappa shape index (κ1) is 17.0. The highest BCUT2D eigenvalue weighted by Crippen LogP contribution is 2.35. The van der Waals surface area contributed by atoms with Crippen LogP contribution >= 0.6 is 0 Å². The van der Waals surface area contributed by atoms with Crippen LogP contribution in [0.25, 0.3) is 0 Å². The Hall–Kier alpha value is -2.36. The molecular formula is C16H23N5O2. The van der Waals surface area contributed by atoms with E-state index >= 15 is 0 Å².